The Morgan fingerprint density at radius 3 is 2.23 bits per heavy atom. The van der Waals surface area contributed by atoms with Crippen LogP contribution < -0.4 is 5.32 Å². The summed E-state index contributed by atoms with van der Waals surface area (Å²) in [5.41, 5.74) is 2.42. The highest BCUT2D eigenvalue weighted by Gasteiger charge is 2.25. The maximum atomic E-state index is 11.6. The summed E-state index contributed by atoms with van der Waals surface area (Å²) in [5.74, 6) is 0.667. The number of hydrogen-bond donors (Lipinski definition) is 1. The van der Waals surface area contributed by atoms with E-state index in [2.05, 4.69) is 29.6 Å². The molecule has 112 valence electrons. The summed E-state index contributed by atoms with van der Waals surface area (Å²) < 4.78 is 5.84. The van der Waals surface area contributed by atoms with Gasteiger partial charge in [-0.1, -0.05) is 60.7 Å². The second-order valence-corrected chi connectivity index (χ2v) is 5.38. The smallest absolute Gasteiger partial charge is 0.248 e. The van der Waals surface area contributed by atoms with Crippen molar-refractivity contribution in [3.05, 3.63) is 83.6 Å². The molecule has 22 heavy (non-hydrogen) atoms. The first kappa shape index (κ1) is 14.4. The van der Waals surface area contributed by atoms with Crippen molar-refractivity contribution in [1.29, 1.82) is 0 Å². The molecular formula is C19H19NO2. The molecule has 1 heterocycles. The van der Waals surface area contributed by atoms with E-state index in [1.54, 1.807) is 6.08 Å². The topological polar surface area (TPSA) is 38.3 Å². The molecule has 0 aromatic heterocycles. The van der Waals surface area contributed by atoms with E-state index in [1.165, 1.54) is 11.1 Å². The summed E-state index contributed by atoms with van der Waals surface area (Å²) in [6, 6.07) is 20.3. The Kier molecular flexibility index (Phi) is 4.54. The normalized spacial score (nSPS) is 17.0. The number of amides is 1. The fourth-order valence-electron chi connectivity index (χ4n) is 2.59. The van der Waals surface area contributed by atoms with Gasteiger partial charge in [-0.2, -0.15) is 0 Å². The summed E-state index contributed by atoms with van der Waals surface area (Å²) >= 11 is 0. The molecule has 1 aliphatic rings. The number of benzene rings is 2. The van der Waals surface area contributed by atoms with E-state index in [1.807, 2.05) is 36.4 Å². The first-order valence-electron chi connectivity index (χ1n) is 7.54. The minimum absolute atomic E-state index is 0.0642. The van der Waals surface area contributed by atoms with E-state index in [-0.39, 0.29) is 11.9 Å². The third kappa shape index (κ3) is 3.76. The van der Waals surface area contributed by atoms with Crippen LogP contribution in [0.25, 0.3) is 0 Å². The van der Waals surface area contributed by atoms with Gasteiger partial charge < -0.3 is 10.1 Å². The zero-order valence-electron chi connectivity index (χ0n) is 12.4. The van der Waals surface area contributed by atoms with Crippen molar-refractivity contribution in [3.63, 3.8) is 0 Å². The Morgan fingerprint density at radius 1 is 0.909 bits per heavy atom. The first-order valence-corrected chi connectivity index (χ1v) is 7.54. The Labute approximate surface area is 130 Å². The molecule has 3 heteroatoms. The molecule has 3 rings (SSSR count). The molecule has 1 N–H and O–H groups in total. The Balaban J connectivity index is 1.56. The van der Waals surface area contributed by atoms with Gasteiger partial charge in [0.05, 0.1) is 12.6 Å². The fraction of sp³-hybridized carbons (Fsp3) is 0.211. The van der Waals surface area contributed by atoms with E-state index in [0.29, 0.717) is 6.61 Å². The number of hydrogen-bond acceptors (Lipinski definition) is 2. The van der Waals surface area contributed by atoms with E-state index in [0.717, 1.165) is 18.6 Å². The summed E-state index contributed by atoms with van der Waals surface area (Å²) in [6.45, 7) is 0.579. The zero-order valence-corrected chi connectivity index (χ0v) is 12.4. The second kappa shape index (κ2) is 6.94. The molecule has 1 amide bonds. The molecule has 0 radical (unpaired) electrons. The van der Waals surface area contributed by atoms with Gasteiger partial charge in [0.2, 0.25) is 5.91 Å². The van der Waals surface area contributed by atoms with Crippen LogP contribution in [0.3, 0.4) is 0 Å². The standard InChI is InChI=1S/C19H19NO2/c21-19-14-18(22-12-11-15-7-3-1-4-8-15)17(20-19)13-16-9-5-2-6-10-16/h1-10,14,17H,11-13H2,(H,20,21). The lowest BCUT2D eigenvalue weighted by Gasteiger charge is -2.16. The quantitative estimate of drug-likeness (QED) is 0.889. The average Bonchev–Trinajstić information content (AvgIpc) is 2.89. The first-order chi connectivity index (χ1) is 10.8. The summed E-state index contributed by atoms with van der Waals surface area (Å²) in [5, 5.41) is 2.94. The largest absolute Gasteiger partial charge is 0.495 e. The highest BCUT2D eigenvalue weighted by molar-refractivity contribution is 5.91. The van der Waals surface area contributed by atoms with E-state index in [9.17, 15) is 4.79 Å². The zero-order chi connectivity index (χ0) is 15.2. The molecule has 0 saturated heterocycles. The van der Waals surface area contributed by atoms with Crippen LogP contribution in [-0.2, 0) is 22.4 Å². The molecule has 0 fully saturated rings. The fourth-order valence-corrected chi connectivity index (χ4v) is 2.59. The Morgan fingerprint density at radius 2 is 1.55 bits per heavy atom. The number of carbonyl (C=O) groups is 1. The number of nitrogens with one attached hydrogen (secondary N) is 1. The average molecular weight is 293 g/mol. The molecule has 0 spiro atoms. The summed E-state index contributed by atoms with van der Waals surface area (Å²) in [6.07, 6.45) is 3.16. The number of ether oxygens (including phenoxy) is 1. The third-order valence-corrected chi connectivity index (χ3v) is 3.72. The van der Waals surface area contributed by atoms with Gasteiger partial charge in [0.25, 0.3) is 0 Å². The monoisotopic (exact) mass is 293 g/mol. The summed E-state index contributed by atoms with van der Waals surface area (Å²) in [4.78, 5) is 11.6. The minimum Gasteiger partial charge on any atom is -0.495 e. The highest BCUT2D eigenvalue weighted by atomic mass is 16.5. The highest BCUT2D eigenvalue weighted by Crippen LogP contribution is 2.16. The van der Waals surface area contributed by atoms with E-state index in [4.69, 9.17) is 4.74 Å². The molecule has 1 unspecified atom stereocenters. The number of carbonyl (C=O) groups excluding carboxylic acids is 1. The van der Waals surface area contributed by atoms with Crippen molar-refractivity contribution in [3.8, 4) is 0 Å². The van der Waals surface area contributed by atoms with Gasteiger partial charge in [0.15, 0.2) is 0 Å². The lowest BCUT2D eigenvalue weighted by molar-refractivity contribution is -0.116. The lowest BCUT2D eigenvalue weighted by Crippen LogP contribution is -2.31. The Bertz CT molecular complexity index is 650. The van der Waals surface area contributed by atoms with Gasteiger partial charge in [0, 0.05) is 12.5 Å². The van der Waals surface area contributed by atoms with Crippen LogP contribution in [0.2, 0.25) is 0 Å². The van der Waals surface area contributed by atoms with Crippen molar-refractivity contribution in [1.82, 2.24) is 5.32 Å². The molecule has 1 aliphatic heterocycles. The van der Waals surface area contributed by atoms with Gasteiger partial charge in [-0.15, -0.1) is 0 Å². The van der Waals surface area contributed by atoms with Crippen LogP contribution in [0.4, 0.5) is 0 Å². The molecule has 0 bridgehead atoms. The van der Waals surface area contributed by atoms with Crippen molar-refractivity contribution >= 4 is 5.91 Å². The molecule has 0 aliphatic carbocycles. The predicted octanol–water partition coefficient (Wildman–Crippen LogP) is 2.87. The van der Waals surface area contributed by atoms with Gasteiger partial charge in [-0.3, -0.25) is 4.79 Å². The van der Waals surface area contributed by atoms with Gasteiger partial charge in [0.1, 0.15) is 5.76 Å². The molecule has 3 nitrogen and oxygen atoms in total. The van der Waals surface area contributed by atoms with Gasteiger partial charge >= 0.3 is 0 Å². The molecule has 2 aromatic carbocycles. The predicted molar refractivity (Wildman–Crippen MR) is 86.3 cm³/mol. The van der Waals surface area contributed by atoms with Gasteiger partial charge in [-0.25, -0.2) is 0 Å². The van der Waals surface area contributed by atoms with Gasteiger partial charge in [-0.05, 0) is 17.5 Å². The van der Waals surface area contributed by atoms with Crippen molar-refractivity contribution in [2.24, 2.45) is 0 Å². The van der Waals surface area contributed by atoms with Crippen LogP contribution in [0, 0.1) is 0 Å². The number of rotatable bonds is 6. The molecule has 0 saturated carbocycles. The molecule has 2 aromatic rings. The van der Waals surface area contributed by atoms with Crippen LogP contribution in [0.15, 0.2) is 72.5 Å². The molecule has 1 atom stereocenters. The van der Waals surface area contributed by atoms with Crippen molar-refractivity contribution < 1.29 is 9.53 Å². The van der Waals surface area contributed by atoms with Crippen molar-refractivity contribution in [2.75, 3.05) is 6.61 Å². The van der Waals surface area contributed by atoms with E-state index < -0.39 is 0 Å². The van der Waals surface area contributed by atoms with E-state index >= 15 is 0 Å². The van der Waals surface area contributed by atoms with Crippen LogP contribution >= 0.6 is 0 Å². The van der Waals surface area contributed by atoms with Crippen molar-refractivity contribution in [2.45, 2.75) is 18.9 Å². The second-order valence-electron chi connectivity index (χ2n) is 5.38. The van der Waals surface area contributed by atoms with Crippen LogP contribution in [0.1, 0.15) is 11.1 Å². The maximum absolute atomic E-state index is 11.6. The minimum atomic E-state index is -0.0735. The third-order valence-electron chi connectivity index (χ3n) is 3.72. The summed E-state index contributed by atoms with van der Waals surface area (Å²) in [7, 11) is 0. The lowest BCUT2D eigenvalue weighted by atomic mass is 10.1. The SMILES string of the molecule is O=C1C=C(OCCc2ccccc2)C(Cc2ccccc2)N1. The van der Waals surface area contributed by atoms with Crippen LogP contribution in [-0.4, -0.2) is 18.6 Å². The van der Waals surface area contributed by atoms with Crippen LogP contribution in [0.5, 0.6) is 0 Å². The Hall–Kier alpha value is -2.55. The maximum Gasteiger partial charge on any atom is 0.248 e. The molecular weight excluding hydrogens is 274 g/mol.